The summed E-state index contributed by atoms with van der Waals surface area (Å²) >= 11 is 0. The number of rotatable bonds is 5. The van der Waals surface area contributed by atoms with Crippen LogP contribution in [0.25, 0.3) is 0 Å². The molecule has 6 rings (SSSR count). The maximum Gasteiger partial charge on any atom is 0.255 e. The van der Waals surface area contributed by atoms with Gasteiger partial charge in [-0.05, 0) is 73.5 Å². The Kier molecular flexibility index (Phi) is 5.94. The van der Waals surface area contributed by atoms with Crippen LogP contribution in [0.4, 0.5) is 0 Å². The molecule has 0 bridgehead atoms. The van der Waals surface area contributed by atoms with Gasteiger partial charge in [0.05, 0.1) is 0 Å². The number of nitrogens with zero attached hydrogens (tertiary/aromatic N) is 1. The number of ether oxygens (including phenoxy) is 1. The van der Waals surface area contributed by atoms with E-state index in [2.05, 4.69) is 22.8 Å². The van der Waals surface area contributed by atoms with E-state index in [4.69, 9.17) is 4.74 Å². The van der Waals surface area contributed by atoms with Gasteiger partial charge >= 0.3 is 0 Å². The number of carbonyl (C=O) groups is 3. The molecule has 0 spiro atoms. The Morgan fingerprint density at radius 1 is 1.03 bits per heavy atom. The van der Waals surface area contributed by atoms with E-state index in [1.54, 1.807) is 4.90 Å². The molecule has 7 nitrogen and oxygen atoms in total. The third kappa shape index (κ3) is 4.17. The van der Waals surface area contributed by atoms with E-state index in [0.29, 0.717) is 36.5 Å². The number of nitrogens with one attached hydrogen (secondary N) is 2. The highest BCUT2D eigenvalue weighted by atomic mass is 16.5. The number of imide groups is 1. The molecule has 3 unspecified atom stereocenters. The Hall–Kier alpha value is -2.25. The van der Waals surface area contributed by atoms with Gasteiger partial charge in [0.2, 0.25) is 11.8 Å². The van der Waals surface area contributed by atoms with Gasteiger partial charge in [0.25, 0.3) is 5.91 Å². The highest BCUT2D eigenvalue weighted by Crippen LogP contribution is 2.38. The molecule has 0 aromatic heterocycles. The first-order chi connectivity index (χ1) is 16.5. The molecule has 2 N–H and O–H groups in total. The minimum Gasteiger partial charge on any atom is -0.381 e. The van der Waals surface area contributed by atoms with Gasteiger partial charge in [-0.2, -0.15) is 0 Å². The van der Waals surface area contributed by atoms with E-state index in [9.17, 15) is 14.4 Å². The average molecular weight is 466 g/mol. The number of piperidine rings is 1. The van der Waals surface area contributed by atoms with Crippen molar-refractivity contribution in [3.05, 3.63) is 34.9 Å². The van der Waals surface area contributed by atoms with Crippen molar-refractivity contribution in [2.75, 3.05) is 13.2 Å². The van der Waals surface area contributed by atoms with E-state index in [-0.39, 0.29) is 24.1 Å². The van der Waals surface area contributed by atoms with Crippen LogP contribution in [-0.4, -0.2) is 54.0 Å². The molecule has 2 saturated carbocycles. The van der Waals surface area contributed by atoms with Crippen LogP contribution in [0, 0.1) is 17.8 Å². The number of fused-ring (bicyclic) bond motifs is 2. The third-order valence-electron chi connectivity index (χ3n) is 8.95. The second kappa shape index (κ2) is 9.08. The van der Waals surface area contributed by atoms with Crippen LogP contribution in [0.3, 0.4) is 0 Å². The summed E-state index contributed by atoms with van der Waals surface area (Å²) < 4.78 is 5.66. The quantitative estimate of drug-likeness (QED) is 0.653. The minimum absolute atomic E-state index is 0.0935. The maximum atomic E-state index is 13.0. The van der Waals surface area contributed by atoms with Gasteiger partial charge in [0, 0.05) is 43.8 Å². The fourth-order valence-electron chi connectivity index (χ4n) is 7.16. The zero-order valence-electron chi connectivity index (χ0n) is 19.8. The van der Waals surface area contributed by atoms with Gasteiger partial charge < -0.3 is 15.0 Å². The van der Waals surface area contributed by atoms with Crippen molar-refractivity contribution in [1.82, 2.24) is 15.5 Å². The fourth-order valence-corrected chi connectivity index (χ4v) is 7.16. The monoisotopic (exact) mass is 465 g/mol. The summed E-state index contributed by atoms with van der Waals surface area (Å²) in [4.78, 5) is 38.5. The molecule has 3 aliphatic heterocycles. The molecule has 7 heteroatoms. The molecule has 2 aliphatic carbocycles. The van der Waals surface area contributed by atoms with Crippen LogP contribution in [0.5, 0.6) is 0 Å². The lowest BCUT2D eigenvalue weighted by Crippen LogP contribution is -2.52. The van der Waals surface area contributed by atoms with Crippen molar-refractivity contribution < 1.29 is 19.1 Å². The number of hydrogen-bond acceptors (Lipinski definition) is 5. The highest BCUT2D eigenvalue weighted by Gasteiger charge is 2.41. The van der Waals surface area contributed by atoms with Crippen LogP contribution in [0.15, 0.2) is 18.2 Å². The van der Waals surface area contributed by atoms with Crippen LogP contribution in [0.1, 0.15) is 72.9 Å². The van der Waals surface area contributed by atoms with Crippen molar-refractivity contribution >= 4 is 17.7 Å². The second-order valence-corrected chi connectivity index (χ2v) is 11.1. The lowest BCUT2D eigenvalue weighted by atomic mass is 9.80. The van der Waals surface area contributed by atoms with Gasteiger partial charge in [-0.1, -0.05) is 25.0 Å². The molecular weight excluding hydrogens is 430 g/mol. The zero-order chi connectivity index (χ0) is 23.2. The minimum atomic E-state index is -0.552. The molecule has 5 aliphatic rings. The second-order valence-electron chi connectivity index (χ2n) is 11.1. The molecule has 0 radical (unpaired) electrons. The fraction of sp³-hybridized carbons (Fsp3) is 0.667. The Bertz CT molecular complexity index is 982. The van der Waals surface area contributed by atoms with Gasteiger partial charge in [-0.15, -0.1) is 0 Å². The summed E-state index contributed by atoms with van der Waals surface area (Å²) in [7, 11) is 0. The van der Waals surface area contributed by atoms with Crippen molar-refractivity contribution in [2.24, 2.45) is 17.8 Å². The number of hydrogen-bond donors (Lipinski definition) is 2. The molecule has 4 fully saturated rings. The lowest BCUT2D eigenvalue weighted by molar-refractivity contribution is -0.136. The standard InChI is InChI=1S/C27H35N3O4/c31-25-8-7-24(26(32)29-25)30-13-18-10-16(5-6-22(18)27(30)33)9-17-3-1-2-4-23(17)28-21-11-19-14-34-15-20(19)12-21/h5-6,10,17,19-21,23-24,28H,1-4,7-9,11-15H2,(H,29,31,32)/t17-,19?,20?,21?,23+,24?/m1/s1. The lowest BCUT2D eigenvalue weighted by Gasteiger charge is -2.35. The SMILES string of the molecule is O=C1CCC(N2Cc3cc(C[C@H]4CCCC[C@@H]4NC4CC5COCC5C4)ccc3C2=O)C(=O)N1. The van der Waals surface area contributed by atoms with Gasteiger partial charge in [-0.3, -0.25) is 19.7 Å². The van der Waals surface area contributed by atoms with Crippen molar-refractivity contribution in [3.8, 4) is 0 Å². The first-order valence-corrected chi connectivity index (χ1v) is 13.2. The van der Waals surface area contributed by atoms with Crippen molar-refractivity contribution in [2.45, 2.75) is 82.5 Å². The van der Waals surface area contributed by atoms with Crippen LogP contribution < -0.4 is 10.6 Å². The molecule has 182 valence electrons. The summed E-state index contributed by atoms with van der Waals surface area (Å²) in [5.74, 6) is 1.42. The molecule has 3 amide bonds. The Labute approximate surface area is 201 Å². The van der Waals surface area contributed by atoms with Crippen LogP contribution in [0.2, 0.25) is 0 Å². The summed E-state index contributed by atoms with van der Waals surface area (Å²) in [5.41, 5.74) is 3.00. The van der Waals surface area contributed by atoms with E-state index in [1.165, 1.54) is 44.1 Å². The number of amides is 3. The summed E-state index contributed by atoms with van der Waals surface area (Å²) in [6, 6.07) is 6.87. The van der Waals surface area contributed by atoms with Gasteiger partial charge in [0.15, 0.2) is 0 Å². The summed E-state index contributed by atoms with van der Waals surface area (Å²) in [6.07, 6.45) is 9.32. The topological polar surface area (TPSA) is 87.7 Å². The zero-order valence-corrected chi connectivity index (χ0v) is 19.8. The summed E-state index contributed by atoms with van der Waals surface area (Å²) in [5, 5.41) is 6.43. The van der Waals surface area contributed by atoms with Gasteiger partial charge in [-0.25, -0.2) is 0 Å². The predicted molar refractivity (Wildman–Crippen MR) is 126 cm³/mol. The normalized spacial score (nSPS) is 35.4. The first kappa shape index (κ1) is 22.2. The average Bonchev–Trinajstić information content (AvgIpc) is 3.49. The number of carbonyl (C=O) groups excluding carboxylic acids is 3. The first-order valence-electron chi connectivity index (χ1n) is 13.2. The van der Waals surface area contributed by atoms with E-state index in [0.717, 1.165) is 37.0 Å². The molecular formula is C27H35N3O4. The Morgan fingerprint density at radius 2 is 1.82 bits per heavy atom. The van der Waals surface area contributed by atoms with E-state index >= 15 is 0 Å². The van der Waals surface area contributed by atoms with Crippen LogP contribution >= 0.6 is 0 Å². The van der Waals surface area contributed by atoms with E-state index in [1.807, 2.05) is 6.07 Å². The predicted octanol–water partition coefficient (Wildman–Crippen LogP) is 2.56. The van der Waals surface area contributed by atoms with Gasteiger partial charge in [0.1, 0.15) is 6.04 Å². The smallest absolute Gasteiger partial charge is 0.255 e. The van der Waals surface area contributed by atoms with Crippen molar-refractivity contribution in [3.63, 3.8) is 0 Å². The molecule has 1 aromatic carbocycles. The molecule has 5 atom stereocenters. The van der Waals surface area contributed by atoms with Crippen LogP contribution in [-0.2, 0) is 27.3 Å². The largest absolute Gasteiger partial charge is 0.381 e. The molecule has 3 heterocycles. The van der Waals surface area contributed by atoms with Crippen molar-refractivity contribution in [1.29, 1.82) is 0 Å². The Balaban J connectivity index is 1.12. The third-order valence-corrected chi connectivity index (χ3v) is 8.95. The molecule has 1 aromatic rings. The highest BCUT2D eigenvalue weighted by molar-refractivity contribution is 6.05. The molecule has 2 saturated heterocycles. The summed E-state index contributed by atoms with van der Waals surface area (Å²) in [6.45, 7) is 2.34. The number of benzene rings is 1. The Morgan fingerprint density at radius 3 is 2.62 bits per heavy atom. The maximum absolute atomic E-state index is 13.0. The van der Waals surface area contributed by atoms with E-state index < -0.39 is 6.04 Å². The molecule has 34 heavy (non-hydrogen) atoms.